The predicted molar refractivity (Wildman–Crippen MR) is 91.2 cm³/mol. The lowest BCUT2D eigenvalue weighted by Gasteiger charge is -2.05. The highest BCUT2D eigenvalue weighted by Gasteiger charge is 2.06. The second-order valence-electron chi connectivity index (χ2n) is 5.26. The standard InChI is InChI=1S/C18H18FN3O2/c1-13-2-8-16(9-3-13)21-17(23)10-11-18(24)22-20-12-14-4-6-15(19)7-5-14/h2-9,12H,10-11H2,1H3,(H,21,23)(H,22,24)/b20-12-. The summed E-state index contributed by atoms with van der Waals surface area (Å²) in [6.07, 6.45) is 1.49. The van der Waals surface area contributed by atoms with E-state index in [-0.39, 0.29) is 30.5 Å². The van der Waals surface area contributed by atoms with Gasteiger partial charge in [-0.1, -0.05) is 29.8 Å². The summed E-state index contributed by atoms with van der Waals surface area (Å²) < 4.78 is 12.7. The second kappa shape index (κ2) is 8.57. The van der Waals surface area contributed by atoms with Gasteiger partial charge in [-0.3, -0.25) is 9.59 Å². The molecule has 0 spiro atoms. The number of hydrogen-bond acceptors (Lipinski definition) is 3. The molecular formula is C18H18FN3O2. The van der Waals surface area contributed by atoms with Crippen molar-refractivity contribution in [3.63, 3.8) is 0 Å². The zero-order valence-corrected chi connectivity index (χ0v) is 13.3. The Morgan fingerprint density at radius 3 is 2.29 bits per heavy atom. The van der Waals surface area contributed by atoms with Gasteiger partial charge in [0.05, 0.1) is 6.21 Å². The highest BCUT2D eigenvalue weighted by molar-refractivity contribution is 5.93. The molecule has 2 N–H and O–H groups in total. The van der Waals surface area contributed by atoms with Crippen LogP contribution in [0.5, 0.6) is 0 Å². The van der Waals surface area contributed by atoms with Gasteiger partial charge in [-0.05, 0) is 36.8 Å². The largest absolute Gasteiger partial charge is 0.326 e. The molecular weight excluding hydrogens is 309 g/mol. The van der Waals surface area contributed by atoms with Gasteiger partial charge in [0.1, 0.15) is 5.82 Å². The predicted octanol–water partition coefficient (Wildman–Crippen LogP) is 3.00. The van der Waals surface area contributed by atoms with Crippen LogP contribution in [0.2, 0.25) is 0 Å². The van der Waals surface area contributed by atoms with Crippen LogP contribution in [0.4, 0.5) is 10.1 Å². The Morgan fingerprint density at radius 1 is 1.00 bits per heavy atom. The number of rotatable bonds is 6. The van der Waals surface area contributed by atoms with E-state index in [1.54, 1.807) is 24.3 Å². The van der Waals surface area contributed by atoms with Crippen LogP contribution >= 0.6 is 0 Å². The number of halogens is 1. The summed E-state index contributed by atoms with van der Waals surface area (Å²) in [6, 6.07) is 13.1. The Labute approximate surface area is 139 Å². The first-order valence-electron chi connectivity index (χ1n) is 7.47. The lowest BCUT2D eigenvalue weighted by molar-refractivity contribution is -0.124. The number of carbonyl (C=O) groups excluding carboxylic acids is 2. The Hall–Kier alpha value is -3.02. The third kappa shape index (κ3) is 6.00. The molecule has 0 unspecified atom stereocenters. The minimum Gasteiger partial charge on any atom is -0.326 e. The molecule has 0 aliphatic heterocycles. The van der Waals surface area contributed by atoms with Crippen molar-refractivity contribution in [1.82, 2.24) is 5.43 Å². The number of nitrogens with zero attached hydrogens (tertiary/aromatic N) is 1. The van der Waals surface area contributed by atoms with Gasteiger partial charge in [-0.25, -0.2) is 9.82 Å². The van der Waals surface area contributed by atoms with E-state index >= 15 is 0 Å². The molecule has 0 aliphatic carbocycles. The SMILES string of the molecule is Cc1ccc(NC(=O)CCC(=O)N/N=C\c2ccc(F)cc2)cc1. The third-order valence-corrected chi connectivity index (χ3v) is 3.19. The number of nitrogens with one attached hydrogen (secondary N) is 2. The number of carbonyl (C=O) groups is 2. The summed E-state index contributed by atoms with van der Waals surface area (Å²) in [5.41, 5.74) is 4.79. The molecule has 2 aromatic carbocycles. The van der Waals surface area contributed by atoms with Gasteiger partial charge in [0, 0.05) is 18.5 Å². The average molecular weight is 327 g/mol. The second-order valence-corrected chi connectivity index (χ2v) is 5.26. The molecule has 0 heterocycles. The van der Waals surface area contributed by atoms with Crippen LogP contribution in [-0.4, -0.2) is 18.0 Å². The smallest absolute Gasteiger partial charge is 0.240 e. The molecule has 0 atom stereocenters. The van der Waals surface area contributed by atoms with Gasteiger partial charge < -0.3 is 5.32 Å². The van der Waals surface area contributed by atoms with Gasteiger partial charge in [0.15, 0.2) is 0 Å². The zero-order chi connectivity index (χ0) is 17.4. The molecule has 0 bridgehead atoms. The highest BCUT2D eigenvalue weighted by atomic mass is 19.1. The Kier molecular flexibility index (Phi) is 6.19. The lowest BCUT2D eigenvalue weighted by atomic mass is 10.2. The molecule has 2 amide bonds. The van der Waals surface area contributed by atoms with Gasteiger partial charge in [0.25, 0.3) is 0 Å². The van der Waals surface area contributed by atoms with Crippen LogP contribution in [0.15, 0.2) is 53.6 Å². The fourth-order valence-corrected chi connectivity index (χ4v) is 1.87. The molecule has 2 rings (SSSR count). The third-order valence-electron chi connectivity index (χ3n) is 3.19. The number of hydrogen-bond donors (Lipinski definition) is 2. The molecule has 0 saturated heterocycles. The maximum Gasteiger partial charge on any atom is 0.240 e. The summed E-state index contributed by atoms with van der Waals surface area (Å²) in [4.78, 5) is 23.4. The summed E-state index contributed by atoms with van der Waals surface area (Å²) in [7, 11) is 0. The van der Waals surface area contributed by atoms with Gasteiger partial charge in [-0.2, -0.15) is 5.10 Å². The van der Waals surface area contributed by atoms with E-state index in [1.807, 2.05) is 19.1 Å². The van der Waals surface area contributed by atoms with E-state index in [0.717, 1.165) is 5.56 Å². The topological polar surface area (TPSA) is 70.6 Å². The Balaban J connectivity index is 1.71. The fourth-order valence-electron chi connectivity index (χ4n) is 1.87. The number of benzene rings is 2. The molecule has 5 nitrogen and oxygen atoms in total. The molecule has 24 heavy (non-hydrogen) atoms. The van der Waals surface area contributed by atoms with Crippen LogP contribution < -0.4 is 10.7 Å². The highest BCUT2D eigenvalue weighted by Crippen LogP contribution is 2.09. The first-order valence-corrected chi connectivity index (χ1v) is 7.47. The van der Waals surface area contributed by atoms with E-state index in [2.05, 4.69) is 15.8 Å². The maximum atomic E-state index is 12.7. The number of aryl methyl sites for hydroxylation is 1. The van der Waals surface area contributed by atoms with Crippen LogP contribution in [0.25, 0.3) is 0 Å². The molecule has 124 valence electrons. The Morgan fingerprint density at radius 2 is 1.62 bits per heavy atom. The van der Waals surface area contributed by atoms with Crippen molar-refractivity contribution in [2.75, 3.05) is 5.32 Å². The molecule has 6 heteroatoms. The summed E-state index contributed by atoms with van der Waals surface area (Å²) >= 11 is 0. The molecule has 0 fully saturated rings. The molecule has 0 saturated carbocycles. The van der Waals surface area contributed by atoms with Crippen LogP contribution in [0.1, 0.15) is 24.0 Å². The first-order chi connectivity index (χ1) is 11.5. The van der Waals surface area contributed by atoms with Gasteiger partial charge >= 0.3 is 0 Å². The van der Waals surface area contributed by atoms with Crippen molar-refractivity contribution in [3.8, 4) is 0 Å². The van der Waals surface area contributed by atoms with Crippen molar-refractivity contribution in [2.45, 2.75) is 19.8 Å². The fraction of sp³-hybridized carbons (Fsp3) is 0.167. The van der Waals surface area contributed by atoms with Crippen molar-refractivity contribution in [2.24, 2.45) is 5.10 Å². The normalized spacial score (nSPS) is 10.6. The molecule has 0 radical (unpaired) electrons. The van der Waals surface area contributed by atoms with E-state index in [0.29, 0.717) is 11.3 Å². The molecule has 0 aliphatic rings. The van der Waals surface area contributed by atoms with Crippen LogP contribution in [0, 0.1) is 12.7 Å². The number of hydrazone groups is 1. The first kappa shape index (κ1) is 17.3. The van der Waals surface area contributed by atoms with E-state index in [1.165, 1.54) is 18.3 Å². The quantitative estimate of drug-likeness (QED) is 0.632. The van der Waals surface area contributed by atoms with Gasteiger partial charge in [0.2, 0.25) is 11.8 Å². The van der Waals surface area contributed by atoms with E-state index in [9.17, 15) is 14.0 Å². The van der Waals surface area contributed by atoms with E-state index < -0.39 is 0 Å². The average Bonchev–Trinajstić information content (AvgIpc) is 2.57. The lowest BCUT2D eigenvalue weighted by Crippen LogP contribution is -2.20. The summed E-state index contributed by atoms with van der Waals surface area (Å²) in [5, 5.41) is 6.48. The number of anilines is 1. The van der Waals surface area contributed by atoms with Crippen molar-refractivity contribution in [1.29, 1.82) is 0 Å². The van der Waals surface area contributed by atoms with Crippen molar-refractivity contribution >= 4 is 23.7 Å². The van der Waals surface area contributed by atoms with Crippen LogP contribution in [-0.2, 0) is 9.59 Å². The molecule has 2 aromatic rings. The monoisotopic (exact) mass is 327 g/mol. The Bertz CT molecular complexity index is 725. The zero-order valence-electron chi connectivity index (χ0n) is 13.3. The molecule has 0 aromatic heterocycles. The number of amides is 2. The van der Waals surface area contributed by atoms with Gasteiger partial charge in [-0.15, -0.1) is 0 Å². The van der Waals surface area contributed by atoms with Crippen molar-refractivity contribution in [3.05, 3.63) is 65.5 Å². The summed E-state index contributed by atoms with van der Waals surface area (Å²) in [5.74, 6) is -0.945. The minimum atomic E-state index is -0.368. The summed E-state index contributed by atoms with van der Waals surface area (Å²) in [6.45, 7) is 1.96. The van der Waals surface area contributed by atoms with Crippen LogP contribution in [0.3, 0.4) is 0 Å². The van der Waals surface area contributed by atoms with Crippen molar-refractivity contribution < 1.29 is 14.0 Å². The van der Waals surface area contributed by atoms with E-state index in [4.69, 9.17) is 0 Å². The minimum absolute atomic E-state index is 0.0262. The maximum absolute atomic E-state index is 12.7.